The predicted octanol–water partition coefficient (Wildman–Crippen LogP) is 1.60. The van der Waals surface area contributed by atoms with Gasteiger partial charge in [-0.15, -0.1) is 0 Å². The summed E-state index contributed by atoms with van der Waals surface area (Å²) in [6, 6.07) is 4.67. The molecule has 2 atom stereocenters. The van der Waals surface area contributed by atoms with Crippen molar-refractivity contribution in [1.82, 2.24) is 5.32 Å². The van der Waals surface area contributed by atoms with E-state index in [4.69, 9.17) is 15.2 Å². The van der Waals surface area contributed by atoms with Crippen molar-refractivity contribution in [3.05, 3.63) is 29.6 Å². The topological polar surface area (TPSA) is 56.5 Å². The van der Waals surface area contributed by atoms with Crippen LogP contribution >= 0.6 is 0 Å². The maximum atomic E-state index is 13.8. The summed E-state index contributed by atoms with van der Waals surface area (Å²) in [4.78, 5) is 0. The molecule has 0 aromatic heterocycles. The van der Waals surface area contributed by atoms with Gasteiger partial charge < -0.3 is 20.5 Å². The number of ether oxygens (including phenoxy) is 2. The number of nitrogens with two attached hydrogens (primary N) is 1. The van der Waals surface area contributed by atoms with E-state index >= 15 is 0 Å². The molecule has 2 unspecified atom stereocenters. The van der Waals surface area contributed by atoms with Gasteiger partial charge in [-0.1, -0.05) is 6.07 Å². The summed E-state index contributed by atoms with van der Waals surface area (Å²) in [6.07, 6.45) is 0.777. The lowest BCUT2D eigenvalue weighted by Crippen LogP contribution is -2.40. The van der Waals surface area contributed by atoms with E-state index in [-0.39, 0.29) is 23.7 Å². The van der Waals surface area contributed by atoms with Gasteiger partial charge in [0.25, 0.3) is 0 Å². The van der Waals surface area contributed by atoms with E-state index in [1.165, 1.54) is 6.07 Å². The molecule has 0 saturated carbocycles. The Morgan fingerprint density at radius 1 is 1.58 bits per heavy atom. The highest BCUT2D eigenvalue weighted by Crippen LogP contribution is 2.24. The molecule has 5 heteroatoms. The van der Waals surface area contributed by atoms with E-state index in [0.717, 1.165) is 18.7 Å². The molecule has 1 aliphatic rings. The molecule has 1 aromatic rings. The summed E-state index contributed by atoms with van der Waals surface area (Å²) in [5, 5.41) is 3.25. The fourth-order valence-corrected chi connectivity index (χ4v) is 2.21. The Kier molecular flexibility index (Phi) is 5.13. The van der Waals surface area contributed by atoms with Crippen molar-refractivity contribution >= 4 is 0 Å². The summed E-state index contributed by atoms with van der Waals surface area (Å²) in [5.41, 5.74) is 6.88. The molecule has 1 aromatic carbocycles. The Balaban J connectivity index is 1.98. The van der Waals surface area contributed by atoms with E-state index < -0.39 is 0 Å². The zero-order chi connectivity index (χ0) is 13.7. The molecule has 3 N–H and O–H groups in total. The van der Waals surface area contributed by atoms with Crippen LogP contribution in [0.2, 0.25) is 0 Å². The van der Waals surface area contributed by atoms with Crippen LogP contribution in [0.5, 0.6) is 5.75 Å². The van der Waals surface area contributed by atoms with Gasteiger partial charge in [-0.3, -0.25) is 0 Å². The van der Waals surface area contributed by atoms with Gasteiger partial charge in [-0.25, -0.2) is 4.39 Å². The second kappa shape index (κ2) is 6.84. The molecule has 0 aliphatic carbocycles. The van der Waals surface area contributed by atoms with E-state index in [1.54, 1.807) is 6.07 Å². The van der Waals surface area contributed by atoms with Crippen LogP contribution in [0.3, 0.4) is 0 Å². The van der Waals surface area contributed by atoms with Crippen LogP contribution in [-0.4, -0.2) is 32.4 Å². The van der Waals surface area contributed by atoms with Crippen LogP contribution in [0.15, 0.2) is 18.2 Å². The lowest BCUT2D eigenvalue weighted by atomic mass is 10.0. The fraction of sp³-hybridized carbons (Fsp3) is 0.571. The van der Waals surface area contributed by atoms with Crippen LogP contribution in [0.1, 0.15) is 24.9 Å². The Labute approximate surface area is 113 Å². The van der Waals surface area contributed by atoms with E-state index in [9.17, 15) is 4.39 Å². The van der Waals surface area contributed by atoms with E-state index in [2.05, 4.69) is 5.32 Å². The van der Waals surface area contributed by atoms with Crippen molar-refractivity contribution in [1.29, 1.82) is 0 Å². The molecule has 106 valence electrons. The van der Waals surface area contributed by atoms with Gasteiger partial charge in [0.05, 0.1) is 19.3 Å². The number of hydrogen-bond donors (Lipinski definition) is 2. The van der Waals surface area contributed by atoms with Crippen LogP contribution in [0.4, 0.5) is 4.39 Å². The molecule has 2 rings (SSSR count). The first-order chi connectivity index (χ1) is 9.20. The standard InChI is InChI=1S/C14H21FN2O2/c1-2-18-14-4-3-10(7-12(14)15)13(16)8-11-9-17-5-6-19-11/h3-4,7,11,13,17H,2,5-6,8-9,16H2,1H3. The maximum Gasteiger partial charge on any atom is 0.165 e. The van der Waals surface area contributed by atoms with Gasteiger partial charge in [-0.2, -0.15) is 0 Å². The van der Waals surface area contributed by atoms with Gasteiger partial charge in [0.15, 0.2) is 11.6 Å². The molecule has 0 radical (unpaired) electrons. The summed E-state index contributed by atoms with van der Waals surface area (Å²) in [5.74, 6) is -0.0912. The van der Waals surface area contributed by atoms with Crippen molar-refractivity contribution < 1.29 is 13.9 Å². The molecule has 1 fully saturated rings. The number of morpholine rings is 1. The highest BCUT2D eigenvalue weighted by atomic mass is 19.1. The lowest BCUT2D eigenvalue weighted by Gasteiger charge is -2.26. The largest absolute Gasteiger partial charge is 0.491 e. The first-order valence-electron chi connectivity index (χ1n) is 6.71. The van der Waals surface area contributed by atoms with Gasteiger partial charge in [-0.05, 0) is 31.0 Å². The van der Waals surface area contributed by atoms with Gasteiger partial charge in [0.1, 0.15) is 0 Å². The quantitative estimate of drug-likeness (QED) is 0.851. The maximum absolute atomic E-state index is 13.8. The molecule has 1 heterocycles. The molecule has 1 aliphatic heterocycles. The monoisotopic (exact) mass is 268 g/mol. The van der Waals surface area contributed by atoms with E-state index in [0.29, 0.717) is 19.6 Å². The minimum Gasteiger partial charge on any atom is -0.491 e. The molecule has 0 spiro atoms. The zero-order valence-electron chi connectivity index (χ0n) is 11.2. The summed E-state index contributed by atoms with van der Waals surface area (Å²) >= 11 is 0. The van der Waals surface area contributed by atoms with Gasteiger partial charge >= 0.3 is 0 Å². The molecular formula is C14H21FN2O2. The second-order valence-electron chi connectivity index (χ2n) is 4.66. The van der Waals surface area contributed by atoms with Crippen molar-refractivity contribution in [3.63, 3.8) is 0 Å². The van der Waals surface area contributed by atoms with Crippen molar-refractivity contribution in [2.45, 2.75) is 25.5 Å². The van der Waals surface area contributed by atoms with Crippen LogP contribution in [-0.2, 0) is 4.74 Å². The second-order valence-corrected chi connectivity index (χ2v) is 4.66. The van der Waals surface area contributed by atoms with Gasteiger partial charge in [0, 0.05) is 19.1 Å². The number of rotatable bonds is 5. The van der Waals surface area contributed by atoms with Crippen molar-refractivity contribution in [3.8, 4) is 5.75 Å². The smallest absolute Gasteiger partial charge is 0.165 e. The average molecular weight is 268 g/mol. The van der Waals surface area contributed by atoms with Crippen molar-refractivity contribution in [2.24, 2.45) is 5.73 Å². The Hall–Kier alpha value is -1.17. The molecule has 4 nitrogen and oxygen atoms in total. The van der Waals surface area contributed by atoms with Crippen LogP contribution in [0, 0.1) is 5.82 Å². The highest BCUT2D eigenvalue weighted by Gasteiger charge is 2.19. The third-order valence-electron chi connectivity index (χ3n) is 3.21. The average Bonchev–Trinajstić information content (AvgIpc) is 2.42. The SMILES string of the molecule is CCOc1ccc(C(N)CC2CNCCO2)cc1F. The third kappa shape index (κ3) is 3.89. The molecule has 19 heavy (non-hydrogen) atoms. The third-order valence-corrected chi connectivity index (χ3v) is 3.21. The molecule has 1 saturated heterocycles. The lowest BCUT2D eigenvalue weighted by molar-refractivity contribution is 0.0195. The Bertz CT molecular complexity index is 408. The fourth-order valence-electron chi connectivity index (χ4n) is 2.21. The summed E-state index contributed by atoms with van der Waals surface area (Å²) in [7, 11) is 0. The highest BCUT2D eigenvalue weighted by molar-refractivity contribution is 5.31. The number of benzene rings is 1. The zero-order valence-corrected chi connectivity index (χ0v) is 11.2. The van der Waals surface area contributed by atoms with Crippen LogP contribution in [0.25, 0.3) is 0 Å². The first kappa shape index (κ1) is 14.2. The molecular weight excluding hydrogens is 247 g/mol. The van der Waals surface area contributed by atoms with Crippen molar-refractivity contribution in [2.75, 3.05) is 26.3 Å². The molecule has 0 bridgehead atoms. The predicted molar refractivity (Wildman–Crippen MR) is 71.7 cm³/mol. The Morgan fingerprint density at radius 2 is 2.42 bits per heavy atom. The first-order valence-corrected chi connectivity index (χ1v) is 6.71. The molecule has 0 amide bonds. The number of hydrogen-bond acceptors (Lipinski definition) is 4. The minimum atomic E-state index is -0.363. The number of nitrogens with one attached hydrogen (secondary N) is 1. The summed E-state index contributed by atoms with van der Waals surface area (Å²) < 4.78 is 24.5. The Morgan fingerprint density at radius 3 is 3.05 bits per heavy atom. The van der Waals surface area contributed by atoms with E-state index in [1.807, 2.05) is 13.0 Å². The minimum absolute atomic E-state index is 0.0957. The van der Waals surface area contributed by atoms with Gasteiger partial charge in [0.2, 0.25) is 0 Å². The number of halogens is 1. The summed E-state index contributed by atoms with van der Waals surface area (Å²) in [6.45, 7) is 4.65. The van der Waals surface area contributed by atoms with Crippen LogP contribution < -0.4 is 15.8 Å². The normalized spacial score (nSPS) is 21.1.